The molecule has 3 nitrogen and oxygen atoms in total. The lowest BCUT2D eigenvalue weighted by Gasteiger charge is -2.19. The number of benzene rings is 1. The minimum atomic E-state index is 0.445. The first kappa shape index (κ1) is 15.3. The number of aryl methyl sites for hydroxylation is 1. The van der Waals surface area contributed by atoms with E-state index in [1.165, 1.54) is 5.56 Å². The first-order chi connectivity index (χ1) is 9.54. The van der Waals surface area contributed by atoms with Crippen LogP contribution >= 0.6 is 15.9 Å². The molecule has 1 atom stereocenters. The van der Waals surface area contributed by atoms with Gasteiger partial charge in [-0.2, -0.15) is 5.10 Å². The second kappa shape index (κ2) is 7.04. The maximum Gasteiger partial charge on any atom is 0.0631 e. The molecular formula is C16H22BrN3. The smallest absolute Gasteiger partial charge is 0.0631 e. The van der Waals surface area contributed by atoms with Gasteiger partial charge in [0.15, 0.2) is 0 Å². The van der Waals surface area contributed by atoms with E-state index in [1.807, 2.05) is 17.9 Å². The molecule has 20 heavy (non-hydrogen) atoms. The van der Waals surface area contributed by atoms with E-state index in [2.05, 4.69) is 70.5 Å². The number of nitrogens with one attached hydrogen (secondary N) is 1. The van der Waals surface area contributed by atoms with Crippen LogP contribution in [0.25, 0.3) is 0 Å². The maximum atomic E-state index is 4.50. The summed E-state index contributed by atoms with van der Waals surface area (Å²) < 4.78 is 2.98. The number of nitrogens with zero attached hydrogens (tertiary/aromatic N) is 2. The zero-order valence-corrected chi connectivity index (χ0v) is 13.9. The molecule has 1 aromatic carbocycles. The van der Waals surface area contributed by atoms with Crippen LogP contribution in [0.2, 0.25) is 0 Å². The summed E-state index contributed by atoms with van der Waals surface area (Å²) in [6.07, 6.45) is 2.96. The van der Waals surface area contributed by atoms with Gasteiger partial charge in [0.1, 0.15) is 0 Å². The van der Waals surface area contributed by atoms with Crippen molar-refractivity contribution in [2.24, 2.45) is 7.05 Å². The van der Waals surface area contributed by atoms with E-state index >= 15 is 0 Å². The van der Waals surface area contributed by atoms with Gasteiger partial charge < -0.3 is 5.32 Å². The minimum Gasteiger partial charge on any atom is -0.314 e. The molecule has 0 aliphatic carbocycles. The van der Waals surface area contributed by atoms with Crippen LogP contribution in [-0.4, -0.2) is 22.4 Å². The van der Waals surface area contributed by atoms with Crippen LogP contribution in [0.3, 0.4) is 0 Å². The summed E-state index contributed by atoms with van der Waals surface area (Å²) in [5, 5.41) is 8.04. The first-order valence-electron chi connectivity index (χ1n) is 7.02. The van der Waals surface area contributed by atoms with Crippen molar-refractivity contribution < 1.29 is 0 Å². The van der Waals surface area contributed by atoms with Gasteiger partial charge in [0.05, 0.1) is 5.69 Å². The largest absolute Gasteiger partial charge is 0.314 e. The number of rotatable bonds is 6. The Morgan fingerprint density at radius 1 is 1.20 bits per heavy atom. The highest BCUT2D eigenvalue weighted by Crippen LogP contribution is 2.22. The highest BCUT2D eigenvalue weighted by molar-refractivity contribution is 9.10. The van der Waals surface area contributed by atoms with Gasteiger partial charge in [0, 0.05) is 36.2 Å². The molecular weight excluding hydrogens is 314 g/mol. The van der Waals surface area contributed by atoms with E-state index in [1.54, 1.807) is 0 Å². The summed E-state index contributed by atoms with van der Waals surface area (Å²) in [6, 6.07) is 11.2. The van der Waals surface area contributed by atoms with E-state index in [0.29, 0.717) is 12.0 Å². The lowest BCUT2D eigenvalue weighted by atomic mass is 9.94. The van der Waals surface area contributed by atoms with E-state index < -0.39 is 0 Å². The molecule has 0 aliphatic heterocycles. The van der Waals surface area contributed by atoms with Gasteiger partial charge in [0.2, 0.25) is 0 Å². The third-order valence-electron chi connectivity index (χ3n) is 3.34. The number of hydrogen-bond acceptors (Lipinski definition) is 2. The fraction of sp³-hybridized carbons (Fsp3) is 0.438. The van der Waals surface area contributed by atoms with Gasteiger partial charge >= 0.3 is 0 Å². The normalized spacial score (nSPS) is 12.8. The lowest BCUT2D eigenvalue weighted by molar-refractivity contribution is 0.522. The molecule has 4 heteroatoms. The van der Waals surface area contributed by atoms with E-state index in [0.717, 1.165) is 23.1 Å². The van der Waals surface area contributed by atoms with Crippen molar-refractivity contribution >= 4 is 15.9 Å². The van der Waals surface area contributed by atoms with E-state index in [4.69, 9.17) is 0 Å². The van der Waals surface area contributed by atoms with Crippen molar-refractivity contribution in [3.05, 3.63) is 52.3 Å². The lowest BCUT2D eigenvalue weighted by Crippen LogP contribution is -2.29. The fourth-order valence-electron chi connectivity index (χ4n) is 2.25. The van der Waals surface area contributed by atoms with Crippen molar-refractivity contribution in [3.8, 4) is 0 Å². The molecule has 0 aliphatic rings. The van der Waals surface area contributed by atoms with Gasteiger partial charge in [-0.15, -0.1) is 0 Å². The number of aromatic nitrogens is 2. The molecule has 0 bridgehead atoms. The number of halogens is 1. The highest BCUT2D eigenvalue weighted by atomic mass is 79.9. The fourth-order valence-corrected chi connectivity index (χ4v) is 2.51. The second-order valence-corrected chi connectivity index (χ2v) is 6.41. The molecule has 1 unspecified atom stereocenters. The Labute approximate surface area is 129 Å². The predicted molar refractivity (Wildman–Crippen MR) is 86.9 cm³/mol. The molecule has 1 N–H and O–H groups in total. The Kier molecular flexibility index (Phi) is 5.38. The van der Waals surface area contributed by atoms with Crippen molar-refractivity contribution in [3.63, 3.8) is 0 Å². The van der Waals surface area contributed by atoms with Crippen molar-refractivity contribution in [1.29, 1.82) is 0 Å². The summed E-state index contributed by atoms with van der Waals surface area (Å²) in [7, 11) is 1.96. The Bertz CT molecular complexity index is 531. The van der Waals surface area contributed by atoms with Gasteiger partial charge in [-0.1, -0.05) is 41.9 Å². The molecule has 1 heterocycles. The van der Waals surface area contributed by atoms with Crippen LogP contribution in [0.15, 0.2) is 41.0 Å². The second-order valence-electron chi connectivity index (χ2n) is 5.50. The van der Waals surface area contributed by atoms with Crippen molar-refractivity contribution in [2.75, 3.05) is 6.54 Å². The summed E-state index contributed by atoms with van der Waals surface area (Å²) >= 11 is 3.50. The predicted octanol–water partition coefficient (Wildman–Crippen LogP) is 3.51. The van der Waals surface area contributed by atoms with Crippen LogP contribution in [0.4, 0.5) is 0 Å². The molecule has 0 saturated heterocycles. The zero-order valence-electron chi connectivity index (χ0n) is 12.3. The summed E-state index contributed by atoms with van der Waals surface area (Å²) in [5.74, 6) is 0.445. The van der Waals surface area contributed by atoms with Gasteiger partial charge in [0.25, 0.3) is 0 Å². The van der Waals surface area contributed by atoms with Crippen LogP contribution < -0.4 is 5.32 Å². The molecule has 0 fully saturated rings. The average molecular weight is 336 g/mol. The third-order valence-corrected chi connectivity index (χ3v) is 3.87. The molecule has 0 spiro atoms. The molecule has 108 valence electrons. The van der Waals surface area contributed by atoms with Gasteiger partial charge in [-0.05, 0) is 30.2 Å². The zero-order chi connectivity index (χ0) is 14.5. The quantitative estimate of drug-likeness (QED) is 0.875. The van der Waals surface area contributed by atoms with Crippen molar-refractivity contribution in [2.45, 2.75) is 32.2 Å². The van der Waals surface area contributed by atoms with E-state index in [9.17, 15) is 0 Å². The molecule has 1 aromatic heterocycles. The monoisotopic (exact) mass is 335 g/mol. The molecule has 0 radical (unpaired) electrons. The Hall–Kier alpha value is -1.13. The van der Waals surface area contributed by atoms with Crippen LogP contribution in [0, 0.1) is 0 Å². The summed E-state index contributed by atoms with van der Waals surface area (Å²) in [5.41, 5.74) is 2.50. The minimum absolute atomic E-state index is 0.445. The summed E-state index contributed by atoms with van der Waals surface area (Å²) in [4.78, 5) is 0. The SMILES string of the molecule is CC(C)NCC(Cc1ccn(C)n1)c1ccc(Br)cc1. The summed E-state index contributed by atoms with van der Waals surface area (Å²) in [6.45, 7) is 5.33. The molecule has 2 aromatic rings. The Morgan fingerprint density at radius 2 is 1.90 bits per heavy atom. The van der Waals surface area contributed by atoms with E-state index in [-0.39, 0.29) is 0 Å². The van der Waals surface area contributed by atoms with Crippen LogP contribution in [0.1, 0.15) is 31.0 Å². The van der Waals surface area contributed by atoms with Crippen LogP contribution in [0.5, 0.6) is 0 Å². The Morgan fingerprint density at radius 3 is 2.45 bits per heavy atom. The highest BCUT2D eigenvalue weighted by Gasteiger charge is 2.14. The van der Waals surface area contributed by atoms with Gasteiger partial charge in [-0.3, -0.25) is 4.68 Å². The Balaban J connectivity index is 2.13. The van der Waals surface area contributed by atoms with Gasteiger partial charge in [-0.25, -0.2) is 0 Å². The molecule has 0 amide bonds. The van der Waals surface area contributed by atoms with Crippen molar-refractivity contribution in [1.82, 2.24) is 15.1 Å². The molecule has 0 saturated carbocycles. The first-order valence-corrected chi connectivity index (χ1v) is 7.81. The standard InChI is InChI=1S/C16H22BrN3/c1-12(2)18-11-14(10-16-8-9-20(3)19-16)13-4-6-15(17)7-5-13/h4-9,12,14,18H,10-11H2,1-3H3. The van der Waals surface area contributed by atoms with Crippen LogP contribution in [-0.2, 0) is 13.5 Å². The third kappa shape index (κ3) is 4.46. The molecule has 2 rings (SSSR count). The number of hydrogen-bond donors (Lipinski definition) is 1. The topological polar surface area (TPSA) is 29.9 Å². The average Bonchev–Trinajstić information content (AvgIpc) is 2.81. The maximum absolute atomic E-state index is 4.50.